The number of halogens is 3. The molecule has 0 aliphatic rings. The van der Waals surface area contributed by atoms with Crippen LogP contribution in [0, 0.1) is 0 Å². The van der Waals surface area contributed by atoms with E-state index < -0.39 is 17.3 Å². The van der Waals surface area contributed by atoms with Gasteiger partial charge in [-0.05, 0) is 25.5 Å². The van der Waals surface area contributed by atoms with E-state index in [-0.39, 0.29) is 5.56 Å². The predicted molar refractivity (Wildman–Crippen MR) is 46.5 cm³/mol. The summed E-state index contributed by atoms with van der Waals surface area (Å²) in [5.41, 5.74) is 3.89. The van der Waals surface area contributed by atoms with Gasteiger partial charge in [0.15, 0.2) is 0 Å². The summed E-state index contributed by atoms with van der Waals surface area (Å²) in [6.45, 7) is 3.05. The van der Waals surface area contributed by atoms with Crippen molar-refractivity contribution in [2.45, 2.75) is 25.6 Å². The van der Waals surface area contributed by atoms with Gasteiger partial charge in [0.2, 0.25) is 0 Å². The molecular formula is C9H11F3N2. The molecule has 0 amide bonds. The number of hydrogen-bond donors (Lipinski definition) is 1. The molecule has 2 N–H and O–H groups in total. The number of rotatable bonds is 1. The Hall–Kier alpha value is -1.10. The van der Waals surface area contributed by atoms with E-state index >= 15 is 0 Å². The van der Waals surface area contributed by atoms with Gasteiger partial charge in [-0.3, -0.25) is 4.98 Å². The Labute approximate surface area is 79.9 Å². The fourth-order valence-corrected chi connectivity index (χ4v) is 1.18. The largest absolute Gasteiger partial charge is 0.418 e. The van der Waals surface area contributed by atoms with Crippen LogP contribution in [-0.2, 0) is 11.7 Å². The van der Waals surface area contributed by atoms with E-state index in [1.54, 1.807) is 0 Å². The normalized spacial score (nSPS) is 13.0. The average Bonchev–Trinajstić information content (AvgIpc) is 2.01. The van der Waals surface area contributed by atoms with Crippen molar-refractivity contribution in [1.82, 2.24) is 4.98 Å². The van der Waals surface area contributed by atoms with Gasteiger partial charge in [-0.25, -0.2) is 0 Å². The lowest BCUT2D eigenvalue weighted by Crippen LogP contribution is -2.31. The predicted octanol–water partition coefficient (Wildman–Crippen LogP) is 2.29. The van der Waals surface area contributed by atoms with Crippen molar-refractivity contribution in [1.29, 1.82) is 0 Å². The topological polar surface area (TPSA) is 38.9 Å². The van der Waals surface area contributed by atoms with Gasteiger partial charge >= 0.3 is 6.18 Å². The minimum absolute atomic E-state index is 0.0556. The second kappa shape index (κ2) is 3.24. The minimum atomic E-state index is -4.40. The molecule has 1 aromatic heterocycles. The van der Waals surface area contributed by atoms with E-state index in [0.717, 1.165) is 6.20 Å². The van der Waals surface area contributed by atoms with Crippen molar-refractivity contribution in [2.24, 2.45) is 5.73 Å². The van der Waals surface area contributed by atoms with Gasteiger partial charge in [-0.1, -0.05) is 0 Å². The Morgan fingerprint density at radius 1 is 1.21 bits per heavy atom. The molecule has 0 aliphatic heterocycles. The summed E-state index contributed by atoms with van der Waals surface area (Å²) in [4.78, 5) is 3.45. The molecular weight excluding hydrogens is 193 g/mol. The van der Waals surface area contributed by atoms with Gasteiger partial charge in [-0.2, -0.15) is 13.2 Å². The third-order valence-electron chi connectivity index (χ3n) is 1.82. The Morgan fingerprint density at radius 2 is 1.79 bits per heavy atom. The second-order valence-electron chi connectivity index (χ2n) is 3.64. The Kier molecular flexibility index (Phi) is 2.54. The lowest BCUT2D eigenvalue weighted by Gasteiger charge is -2.23. The van der Waals surface area contributed by atoms with Crippen LogP contribution in [0.5, 0.6) is 0 Å². The summed E-state index contributed by atoms with van der Waals surface area (Å²) >= 11 is 0. The van der Waals surface area contributed by atoms with Gasteiger partial charge < -0.3 is 5.73 Å². The molecule has 78 valence electrons. The monoisotopic (exact) mass is 204 g/mol. The Morgan fingerprint density at radius 3 is 2.14 bits per heavy atom. The number of alkyl halides is 3. The quantitative estimate of drug-likeness (QED) is 0.762. The number of nitrogens with two attached hydrogens (primary N) is 1. The van der Waals surface area contributed by atoms with Gasteiger partial charge in [0, 0.05) is 17.9 Å². The maximum absolute atomic E-state index is 12.5. The molecule has 1 heterocycles. The zero-order valence-electron chi connectivity index (χ0n) is 7.89. The third kappa shape index (κ3) is 2.23. The first-order valence-corrected chi connectivity index (χ1v) is 4.03. The van der Waals surface area contributed by atoms with Crippen molar-refractivity contribution in [2.75, 3.05) is 0 Å². The first-order valence-electron chi connectivity index (χ1n) is 4.03. The highest BCUT2D eigenvalue weighted by Gasteiger charge is 2.36. The van der Waals surface area contributed by atoms with Crippen LogP contribution in [0.2, 0.25) is 0 Å². The molecule has 2 nitrogen and oxygen atoms in total. The lowest BCUT2D eigenvalue weighted by molar-refractivity contribution is -0.139. The van der Waals surface area contributed by atoms with Crippen molar-refractivity contribution in [3.05, 3.63) is 29.6 Å². The number of aromatic nitrogens is 1. The first kappa shape index (κ1) is 11.0. The highest BCUT2D eigenvalue weighted by molar-refractivity contribution is 5.31. The van der Waals surface area contributed by atoms with E-state index in [1.807, 2.05) is 0 Å². The molecule has 0 aromatic carbocycles. The molecule has 0 fully saturated rings. The number of nitrogens with zero attached hydrogens (tertiary/aromatic N) is 1. The van der Waals surface area contributed by atoms with Crippen LogP contribution in [0.15, 0.2) is 18.5 Å². The van der Waals surface area contributed by atoms with E-state index in [0.29, 0.717) is 0 Å². The van der Waals surface area contributed by atoms with Gasteiger partial charge in [0.05, 0.1) is 5.56 Å². The minimum Gasteiger partial charge on any atom is -0.322 e. The summed E-state index contributed by atoms with van der Waals surface area (Å²) in [6.07, 6.45) is -2.30. The van der Waals surface area contributed by atoms with Crippen LogP contribution in [0.4, 0.5) is 13.2 Å². The van der Waals surface area contributed by atoms with Crippen molar-refractivity contribution < 1.29 is 13.2 Å². The van der Waals surface area contributed by atoms with E-state index in [4.69, 9.17) is 5.73 Å². The molecule has 5 heteroatoms. The van der Waals surface area contributed by atoms with Gasteiger partial charge in [0.25, 0.3) is 0 Å². The van der Waals surface area contributed by atoms with Crippen LogP contribution < -0.4 is 5.73 Å². The maximum Gasteiger partial charge on any atom is 0.418 e. The fourth-order valence-electron chi connectivity index (χ4n) is 1.18. The standard InChI is InChI=1S/C9H11F3N2/c1-8(2,13)6-3-4-14-5-7(6)9(10,11)12/h3-5H,13H2,1-2H3. The second-order valence-corrected chi connectivity index (χ2v) is 3.64. The molecule has 0 saturated carbocycles. The Balaban J connectivity index is 3.31. The van der Waals surface area contributed by atoms with Crippen molar-refractivity contribution in [3.8, 4) is 0 Å². The van der Waals surface area contributed by atoms with E-state index in [2.05, 4.69) is 4.98 Å². The zero-order valence-corrected chi connectivity index (χ0v) is 7.89. The molecule has 0 spiro atoms. The summed E-state index contributed by atoms with van der Waals surface area (Å²) in [5, 5.41) is 0. The highest BCUT2D eigenvalue weighted by atomic mass is 19.4. The SMILES string of the molecule is CC(C)(N)c1ccncc1C(F)(F)F. The van der Waals surface area contributed by atoms with Crippen LogP contribution >= 0.6 is 0 Å². The summed E-state index contributed by atoms with van der Waals surface area (Å²) in [5.74, 6) is 0. The summed E-state index contributed by atoms with van der Waals surface area (Å²) in [6, 6.07) is 1.29. The van der Waals surface area contributed by atoms with E-state index in [1.165, 1.54) is 26.1 Å². The van der Waals surface area contributed by atoms with Gasteiger partial charge in [-0.15, -0.1) is 0 Å². The van der Waals surface area contributed by atoms with Crippen LogP contribution in [0.3, 0.4) is 0 Å². The van der Waals surface area contributed by atoms with E-state index in [9.17, 15) is 13.2 Å². The lowest BCUT2D eigenvalue weighted by atomic mass is 9.92. The summed E-state index contributed by atoms with van der Waals surface area (Å²) in [7, 11) is 0. The molecule has 0 radical (unpaired) electrons. The Bertz CT molecular complexity index is 293. The van der Waals surface area contributed by atoms with Crippen molar-refractivity contribution >= 4 is 0 Å². The molecule has 0 aliphatic carbocycles. The third-order valence-corrected chi connectivity index (χ3v) is 1.82. The van der Waals surface area contributed by atoms with Crippen LogP contribution in [0.25, 0.3) is 0 Å². The number of hydrogen-bond acceptors (Lipinski definition) is 2. The molecule has 0 bridgehead atoms. The molecule has 0 atom stereocenters. The maximum atomic E-state index is 12.5. The van der Waals surface area contributed by atoms with Crippen LogP contribution in [0.1, 0.15) is 25.0 Å². The van der Waals surface area contributed by atoms with Crippen molar-refractivity contribution in [3.63, 3.8) is 0 Å². The summed E-state index contributed by atoms with van der Waals surface area (Å²) < 4.78 is 37.4. The fraction of sp³-hybridized carbons (Fsp3) is 0.444. The molecule has 14 heavy (non-hydrogen) atoms. The smallest absolute Gasteiger partial charge is 0.322 e. The molecule has 0 saturated heterocycles. The van der Waals surface area contributed by atoms with Gasteiger partial charge in [0.1, 0.15) is 0 Å². The molecule has 1 aromatic rings. The molecule has 1 rings (SSSR count). The zero-order chi connectivity index (χ0) is 11.0. The average molecular weight is 204 g/mol. The number of pyridine rings is 1. The first-order chi connectivity index (χ1) is 6.23. The molecule has 0 unspecified atom stereocenters. The highest BCUT2D eigenvalue weighted by Crippen LogP contribution is 2.34. The van der Waals surface area contributed by atoms with Crippen LogP contribution in [-0.4, -0.2) is 4.98 Å².